The molecule has 7 nitrogen and oxygen atoms in total. The van der Waals surface area contributed by atoms with Crippen molar-refractivity contribution >= 4 is 23.9 Å². The quantitative estimate of drug-likeness (QED) is 0.454. The lowest BCUT2D eigenvalue weighted by atomic mass is 9.90. The van der Waals surface area contributed by atoms with Crippen LogP contribution in [-0.2, 0) is 11.3 Å². The van der Waals surface area contributed by atoms with Gasteiger partial charge in [-0.25, -0.2) is 4.98 Å². The molecule has 1 saturated carbocycles. The van der Waals surface area contributed by atoms with Crippen molar-refractivity contribution in [3.63, 3.8) is 0 Å². The first-order chi connectivity index (χ1) is 15.6. The van der Waals surface area contributed by atoms with Gasteiger partial charge < -0.3 is 10.1 Å². The van der Waals surface area contributed by atoms with Crippen molar-refractivity contribution in [2.24, 2.45) is 5.92 Å². The van der Waals surface area contributed by atoms with E-state index in [1.807, 2.05) is 47.9 Å². The van der Waals surface area contributed by atoms with Gasteiger partial charge in [0.15, 0.2) is 22.2 Å². The summed E-state index contributed by atoms with van der Waals surface area (Å²) in [4.78, 5) is 17.0. The van der Waals surface area contributed by atoms with E-state index in [1.165, 1.54) is 37.7 Å². The van der Waals surface area contributed by atoms with Gasteiger partial charge in [0.1, 0.15) is 0 Å². The molecule has 0 spiro atoms. The van der Waals surface area contributed by atoms with Gasteiger partial charge in [-0.2, -0.15) is 5.10 Å². The lowest BCUT2D eigenvalue weighted by molar-refractivity contribution is -0.116. The van der Waals surface area contributed by atoms with Gasteiger partial charge in [0.2, 0.25) is 5.91 Å². The number of ether oxygens (including phenoxy) is 1. The highest BCUT2D eigenvalue weighted by molar-refractivity contribution is 7.71. The Morgan fingerprint density at radius 3 is 2.78 bits per heavy atom. The number of amides is 1. The molecule has 32 heavy (non-hydrogen) atoms. The number of carbonyl (C=O) groups excluding carboxylic acids is 1. The molecule has 0 radical (unpaired) electrons. The van der Waals surface area contributed by atoms with E-state index in [0.717, 1.165) is 11.4 Å². The molecule has 1 amide bonds. The Bertz CT molecular complexity index is 1100. The number of nitrogens with one attached hydrogen (secondary N) is 2. The summed E-state index contributed by atoms with van der Waals surface area (Å²) in [5.41, 5.74) is 2.12. The van der Waals surface area contributed by atoms with E-state index in [2.05, 4.69) is 20.5 Å². The van der Waals surface area contributed by atoms with E-state index < -0.39 is 0 Å². The number of aromatic amines is 1. The molecule has 2 heterocycles. The maximum atomic E-state index is 12.7. The van der Waals surface area contributed by atoms with Crippen molar-refractivity contribution in [2.45, 2.75) is 52.0 Å². The van der Waals surface area contributed by atoms with E-state index in [-0.39, 0.29) is 12.3 Å². The Morgan fingerprint density at radius 2 is 2.00 bits per heavy atom. The normalized spacial score (nSPS) is 14.3. The Hall–Kier alpha value is -3.00. The van der Waals surface area contributed by atoms with Crippen LogP contribution in [0.5, 0.6) is 5.75 Å². The van der Waals surface area contributed by atoms with Crippen LogP contribution in [0.1, 0.15) is 44.1 Å². The smallest absolute Gasteiger partial charge is 0.227 e. The first-order valence-electron chi connectivity index (χ1n) is 11.2. The number of H-pyrrole nitrogens is 1. The molecule has 168 valence electrons. The van der Waals surface area contributed by atoms with Crippen molar-refractivity contribution < 1.29 is 9.53 Å². The van der Waals surface area contributed by atoms with Crippen LogP contribution >= 0.6 is 12.2 Å². The second kappa shape index (κ2) is 10.5. The molecule has 1 aromatic carbocycles. The molecule has 0 atom stereocenters. The van der Waals surface area contributed by atoms with Crippen LogP contribution < -0.4 is 10.1 Å². The van der Waals surface area contributed by atoms with E-state index >= 15 is 0 Å². The van der Waals surface area contributed by atoms with E-state index in [0.29, 0.717) is 35.4 Å². The fraction of sp³-hybridized carbons (Fsp3) is 0.417. The maximum Gasteiger partial charge on any atom is 0.227 e. The third-order valence-corrected chi connectivity index (χ3v) is 6.17. The van der Waals surface area contributed by atoms with Crippen LogP contribution in [0.15, 0.2) is 42.6 Å². The zero-order valence-corrected chi connectivity index (χ0v) is 19.2. The molecule has 4 rings (SSSR count). The Kier molecular flexibility index (Phi) is 7.32. The van der Waals surface area contributed by atoms with Crippen molar-refractivity contribution in [3.8, 4) is 17.1 Å². The third kappa shape index (κ3) is 5.62. The number of anilines is 1. The summed E-state index contributed by atoms with van der Waals surface area (Å²) >= 11 is 5.38. The molecule has 8 heteroatoms. The van der Waals surface area contributed by atoms with Gasteiger partial charge >= 0.3 is 0 Å². The highest BCUT2D eigenvalue weighted by Crippen LogP contribution is 2.27. The number of nitrogens with zero attached hydrogens (tertiary/aromatic N) is 3. The highest BCUT2D eigenvalue weighted by Gasteiger charge is 2.16. The minimum absolute atomic E-state index is 0.149. The summed E-state index contributed by atoms with van der Waals surface area (Å²) in [7, 11) is 0. The second-order valence-electron chi connectivity index (χ2n) is 8.33. The molecule has 1 aliphatic rings. The summed E-state index contributed by atoms with van der Waals surface area (Å²) in [5.74, 6) is 2.23. The Morgan fingerprint density at radius 1 is 1.22 bits per heavy atom. The average molecular weight is 452 g/mol. The second-order valence-corrected chi connectivity index (χ2v) is 8.72. The molecule has 0 bridgehead atoms. The number of rotatable bonds is 8. The Balaban J connectivity index is 1.37. The first-order valence-corrected chi connectivity index (χ1v) is 11.6. The van der Waals surface area contributed by atoms with Crippen LogP contribution in [0.4, 0.5) is 5.82 Å². The predicted molar refractivity (Wildman–Crippen MR) is 127 cm³/mol. The monoisotopic (exact) mass is 451 g/mol. The Labute approximate surface area is 193 Å². The molecular weight excluding hydrogens is 422 g/mol. The number of carbonyl (C=O) groups is 1. The minimum atomic E-state index is -0.149. The van der Waals surface area contributed by atoms with Crippen LogP contribution in [-0.4, -0.2) is 32.3 Å². The number of hydrogen-bond donors (Lipinski definition) is 2. The standard InChI is InChI=1S/C24H29N5O2S/c1-17-9-11-19(12-10-17)23-27-28-24(32)29(23)15-13-21(30)26-22-20(8-5-14-25-22)31-16-18-6-3-2-4-7-18/h5,8-12,14,18H,2-4,6-7,13,15-16H2,1H3,(H,28,32)(H,25,26,30). The fourth-order valence-electron chi connectivity index (χ4n) is 4.02. The van der Waals surface area contributed by atoms with Crippen LogP contribution in [0.25, 0.3) is 11.4 Å². The third-order valence-electron chi connectivity index (χ3n) is 5.86. The number of aryl methyl sites for hydroxylation is 1. The molecule has 0 saturated heterocycles. The van der Waals surface area contributed by atoms with Crippen molar-refractivity contribution in [3.05, 3.63) is 52.9 Å². The van der Waals surface area contributed by atoms with E-state index in [1.54, 1.807) is 6.20 Å². The van der Waals surface area contributed by atoms with Crippen LogP contribution in [0.3, 0.4) is 0 Å². The molecular formula is C24H29N5O2S. The van der Waals surface area contributed by atoms with Crippen LogP contribution in [0.2, 0.25) is 0 Å². The van der Waals surface area contributed by atoms with E-state index in [4.69, 9.17) is 17.0 Å². The number of aromatic nitrogens is 4. The first kappa shape index (κ1) is 22.2. The molecule has 0 aliphatic heterocycles. The van der Waals surface area contributed by atoms with Crippen LogP contribution in [0, 0.1) is 17.6 Å². The molecule has 3 aromatic rings. The van der Waals surface area contributed by atoms with Crippen molar-refractivity contribution in [1.82, 2.24) is 19.7 Å². The van der Waals surface area contributed by atoms with Gasteiger partial charge in [-0.05, 0) is 50.0 Å². The van der Waals surface area contributed by atoms with Crippen molar-refractivity contribution in [1.29, 1.82) is 0 Å². The number of benzene rings is 1. The number of pyridine rings is 1. The largest absolute Gasteiger partial charge is 0.489 e. The molecule has 1 fully saturated rings. The topological polar surface area (TPSA) is 84.8 Å². The molecule has 2 N–H and O–H groups in total. The lowest BCUT2D eigenvalue weighted by Crippen LogP contribution is -2.18. The number of hydrogen-bond acceptors (Lipinski definition) is 5. The van der Waals surface area contributed by atoms with Gasteiger partial charge in [0.25, 0.3) is 0 Å². The summed E-state index contributed by atoms with van der Waals surface area (Å²) in [6, 6.07) is 11.7. The van der Waals surface area contributed by atoms with Gasteiger partial charge in [0.05, 0.1) is 6.61 Å². The molecule has 2 aromatic heterocycles. The zero-order valence-electron chi connectivity index (χ0n) is 18.3. The van der Waals surface area contributed by atoms with E-state index in [9.17, 15) is 4.79 Å². The summed E-state index contributed by atoms with van der Waals surface area (Å²) < 4.78 is 8.35. The van der Waals surface area contributed by atoms with Gasteiger partial charge in [-0.15, -0.1) is 0 Å². The van der Waals surface area contributed by atoms with Gasteiger partial charge in [0, 0.05) is 24.7 Å². The summed E-state index contributed by atoms with van der Waals surface area (Å²) in [5, 5.41) is 10.1. The fourth-order valence-corrected chi connectivity index (χ4v) is 4.24. The average Bonchev–Trinajstić information content (AvgIpc) is 3.18. The van der Waals surface area contributed by atoms with Crippen molar-refractivity contribution in [2.75, 3.05) is 11.9 Å². The highest BCUT2D eigenvalue weighted by atomic mass is 32.1. The lowest BCUT2D eigenvalue weighted by Gasteiger charge is -2.22. The molecule has 1 aliphatic carbocycles. The summed E-state index contributed by atoms with van der Waals surface area (Å²) in [6.07, 6.45) is 8.16. The van der Waals surface area contributed by atoms with Gasteiger partial charge in [-0.1, -0.05) is 49.1 Å². The maximum absolute atomic E-state index is 12.7. The summed E-state index contributed by atoms with van der Waals surface area (Å²) in [6.45, 7) is 3.12. The zero-order chi connectivity index (χ0) is 22.3. The van der Waals surface area contributed by atoms with Gasteiger partial charge in [-0.3, -0.25) is 14.5 Å². The minimum Gasteiger partial charge on any atom is -0.489 e. The SMILES string of the molecule is Cc1ccc(-c2n[nH]c(=S)n2CCC(=O)Nc2ncccc2OCC2CCCCC2)cc1. The molecule has 0 unspecified atom stereocenters. The predicted octanol–water partition coefficient (Wildman–Crippen LogP) is 5.30.